The van der Waals surface area contributed by atoms with Gasteiger partial charge in [-0.05, 0) is 115 Å². The number of rotatable bonds is 9. The van der Waals surface area contributed by atoms with E-state index in [9.17, 15) is 19.8 Å². The second-order valence-corrected chi connectivity index (χ2v) is 13.5. The van der Waals surface area contributed by atoms with Crippen molar-refractivity contribution in [2.24, 2.45) is 88.8 Å². The summed E-state index contributed by atoms with van der Waals surface area (Å²) < 4.78 is 11.5. The normalized spacial score (nSPS) is 50.5. The van der Waals surface area contributed by atoms with Gasteiger partial charge in [-0.25, -0.2) is 0 Å². The van der Waals surface area contributed by atoms with Gasteiger partial charge < -0.3 is 19.7 Å². The van der Waals surface area contributed by atoms with Crippen molar-refractivity contribution in [3.8, 4) is 0 Å². The fourth-order valence-electron chi connectivity index (χ4n) is 11.1. The Kier molecular flexibility index (Phi) is 6.23. The number of ether oxygens (including phenoxy) is 2. The lowest BCUT2D eigenvalue weighted by Crippen LogP contribution is -2.47. The van der Waals surface area contributed by atoms with Crippen LogP contribution in [0.4, 0.5) is 0 Å². The van der Waals surface area contributed by atoms with E-state index in [1.807, 2.05) is 0 Å². The molecule has 0 aromatic rings. The van der Waals surface area contributed by atoms with Crippen LogP contribution >= 0.6 is 0 Å². The molecule has 196 valence electrons. The van der Waals surface area contributed by atoms with Crippen molar-refractivity contribution in [1.82, 2.24) is 0 Å². The quantitative estimate of drug-likeness (QED) is 0.217. The molecule has 0 spiro atoms. The highest BCUT2D eigenvalue weighted by Gasteiger charge is 2.68. The average Bonchev–Trinajstić information content (AvgIpc) is 3.65. The zero-order valence-electron chi connectivity index (χ0n) is 21.6. The first-order valence-electron chi connectivity index (χ1n) is 14.4. The Balaban J connectivity index is 1.12. The molecule has 6 aliphatic rings. The molecule has 6 nitrogen and oxygen atoms in total. The first-order chi connectivity index (χ1) is 16.8. The Morgan fingerprint density at radius 1 is 0.914 bits per heavy atom. The standard InChI is InChI=1S/C29H44O6/c1-13-16-4-5-17(6-16)23(13)11-34-12-35-29(33)25(15(3)28(31)32)24-14(2)20-9-22(24)26-18-7-19(10-30)21(8-18)27(20)26/h13-27,30H,4-12H2,1-3H3,(H,31,32). The van der Waals surface area contributed by atoms with Gasteiger partial charge in [0, 0.05) is 6.61 Å². The molecule has 6 rings (SSSR count). The maximum atomic E-state index is 13.4. The largest absolute Gasteiger partial charge is 0.481 e. The summed E-state index contributed by atoms with van der Waals surface area (Å²) in [5, 5.41) is 19.8. The number of hydrogen-bond acceptors (Lipinski definition) is 5. The summed E-state index contributed by atoms with van der Waals surface area (Å²) >= 11 is 0. The molecule has 0 aromatic heterocycles. The summed E-state index contributed by atoms with van der Waals surface area (Å²) in [5.41, 5.74) is 0. The summed E-state index contributed by atoms with van der Waals surface area (Å²) in [4.78, 5) is 25.5. The third-order valence-corrected chi connectivity index (χ3v) is 12.6. The predicted molar refractivity (Wildman–Crippen MR) is 129 cm³/mol. The fourth-order valence-corrected chi connectivity index (χ4v) is 11.1. The first-order valence-corrected chi connectivity index (χ1v) is 14.4. The number of carbonyl (C=O) groups excluding carboxylic acids is 1. The van der Waals surface area contributed by atoms with Crippen LogP contribution in [0.5, 0.6) is 0 Å². The van der Waals surface area contributed by atoms with Gasteiger partial charge in [0.2, 0.25) is 0 Å². The van der Waals surface area contributed by atoms with E-state index in [1.165, 1.54) is 25.7 Å². The average molecular weight is 489 g/mol. The Morgan fingerprint density at radius 3 is 2.37 bits per heavy atom. The van der Waals surface area contributed by atoms with Gasteiger partial charge in [-0.1, -0.05) is 20.8 Å². The molecule has 2 N–H and O–H groups in total. The van der Waals surface area contributed by atoms with Crippen molar-refractivity contribution in [1.29, 1.82) is 0 Å². The van der Waals surface area contributed by atoms with Crippen LogP contribution in [-0.4, -0.2) is 42.2 Å². The molecule has 6 bridgehead atoms. The lowest BCUT2D eigenvalue weighted by atomic mass is 9.58. The minimum atomic E-state index is -0.913. The maximum Gasteiger partial charge on any atom is 0.312 e. The first kappa shape index (κ1) is 24.2. The van der Waals surface area contributed by atoms with Crippen LogP contribution in [0, 0.1) is 88.8 Å². The molecule has 0 amide bonds. The van der Waals surface area contributed by atoms with E-state index in [4.69, 9.17) is 9.47 Å². The lowest BCUT2D eigenvalue weighted by molar-refractivity contribution is -0.174. The highest BCUT2D eigenvalue weighted by molar-refractivity contribution is 5.81. The summed E-state index contributed by atoms with van der Waals surface area (Å²) in [7, 11) is 0. The van der Waals surface area contributed by atoms with Crippen LogP contribution in [0.2, 0.25) is 0 Å². The molecular formula is C29H44O6. The van der Waals surface area contributed by atoms with Crippen molar-refractivity contribution in [2.45, 2.75) is 59.3 Å². The number of carbonyl (C=O) groups is 2. The molecule has 35 heavy (non-hydrogen) atoms. The SMILES string of the molecule is CC(C(=O)O)C(C(=O)OCOCC1C2CCC(C2)C1C)C1C(C)C2CC1C1C3CC(CO)C(C3)C21. The zero-order valence-corrected chi connectivity index (χ0v) is 21.6. The monoisotopic (exact) mass is 488 g/mol. The molecule has 6 saturated carbocycles. The van der Waals surface area contributed by atoms with Crippen molar-refractivity contribution in [3.05, 3.63) is 0 Å². The van der Waals surface area contributed by atoms with Gasteiger partial charge in [0.15, 0.2) is 6.79 Å². The van der Waals surface area contributed by atoms with Crippen LogP contribution in [0.1, 0.15) is 59.3 Å². The Bertz CT molecular complexity index is 841. The number of esters is 1. The predicted octanol–water partition coefficient (Wildman–Crippen LogP) is 4.31. The Labute approximate surface area is 209 Å². The van der Waals surface area contributed by atoms with Gasteiger partial charge in [-0.3, -0.25) is 9.59 Å². The van der Waals surface area contributed by atoms with E-state index in [1.54, 1.807) is 6.92 Å². The molecule has 15 unspecified atom stereocenters. The van der Waals surface area contributed by atoms with E-state index in [-0.39, 0.29) is 18.7 Å². The van der Waals surface area contributed by atoms with Crippen molar-refractivity contribution in [3.63, 3.8) is 0 Å². The van der Waals surface area contributed by atoms with Crippen LogP contribution in [0.15, 0.2) is 0 Å². The highest BCUT2D eigenvalue weighted by Crippen LogP contribution is 2.72. The highest BCUT2D eigenvalue weighted by atomic mass is 16.7. The summed E-state index contributed by atoms with van der Waals surface area (Å²) in [6, 6.07) is 0. The molecule has 0 aromatic carbocycles. The molecule has 6 heteroatoms. The van der Waals surface area contributed by atoms with Crippen LogP contribution < -0.4 is 0 Å². The van der Waals surface area contributed by atoms with Crippen molar-refractivity contribution in [2.75, 3.05) is 20.0 Å². The van der Waals surface area contributed by atoms with Crippen LogP contribution in [-0.2, 0) is 19.1 Å². The van der Waals surface area contributed by atoms with E-state index < -0.39 is 17.8 Å². The molecule has 0 heterocycles. The Hall–Kier alpha value is -1.14. The van der Waals surface area contributed by atoms with Gasteiger partial charge in [-0.15, -0.1) is 0 Å². The molecule has 6 fully saturated rings. The number of carboxylic acids is 1. The van der Waals surface area contributed by atoms with Gasteiger partial charge >= 0.3 is 11.9 Å². The maximum absolute atomic E-state index is 13.4. The third kappa shape index (κ3) is 3.63. The van der Waals surface area contributed by atoms with Crippen molar-refractivity contribution >= 4 is 11.9 Å². The summed E-state index contributed by atoms with van der Waals surface area (Å²) in [6.45, 7) is 7.13. The van der Waals surface area contributed by atoms with E-state index >= 15 is 0 Å². The molecule has 0 radical (unpaired) electrons. The summed E-state index contributed by atoms with van der Waals surface area (Å²) in [6.07, 6.45) is 7.39. The zero-order chi connectivity index (χ0) is 24.6. The lowest BCUT2D eigenvalue weighted by Gasteiger charge is -2.46. The second kappa shape index (κ2) is 9.01. The van der Waals surface area contributed by atoms with Gasteiger partial charge in [0.05, 0.1) is 18.4 Å². The van der Waals surface area contributed by atoms with E-state index in [0.29, 0.717) is 72.4 Å². The van der Waals surface area contributed by atoms with Gasteiger partial charge in [0.1, 0.15) is 0 Å². The topological polar surface area (TPSA) is 93.1 Å². The number of carboxylic acid groups (broad SMARTS) is 1. The number of fused-ring (bicyclic) bond motifs is 11. The molecule has 15 atom stereocenters. The van der Waals surface area contributed by atoms with Crippen LogP contribution in [0.3, 0.4) is 0 Å². The number of aliphatic hydroxyl groups excluding tert-OH is 1. The molecule has 0 saturated heterocycles. The molecular weight excluding hydrogens is 444 g/mol. The summed E-state index contributed by atoms with van der Waals surface area (Å²) in [5.74, 6) is 4.45. The number of aliphatic hydroxyl groups is 1. The van der Waals surface area contributed by atoms with Crippen molar-refractivity contribution < 1.29 is 29.3 Å². The molecule has 0 aliphatic heterocycles. The second-order valence-electron chi connectivity index (χ2n) is 13.5. The minimum absolute atomic E-state index is 0.0631. The smallest absolute Gasteiger partial charge is 0.312 e. The molecule has 6 aliphatic carbocycles. The Morgan fingerprint density at radius 2 is 1.69 bits per heavy atom. The van der Waals surface area contributed by atoms with E-state index in [2.05, 4.69) is 13.8 Å². The van der Waals surface area contributed by atoms with Crippen LogP contribution in [0.25, 0.3) is 0 Å². The number of hydrogen-bond donors (Lipinski definition) is 2. The number of aliphatic carboxylic acids is 1. The van der Waals surface area contributed by atoms with E-state index in [0.717, 1.165) is 24.7 Å². The minimum Gasteiger partial charge on any atom is -0.481 e. The fraction of sp³-hybridized carbons (Fsp3) is 0.931. The van der Waals surface area contributed by atoms with Gasteiger partial charge in [0.25, 0.3) is 0 Å². The third-order valence-electron chi connectivity index (χ3n) is 12.6. The van der Waals surface area contributed by atoms with Gasteiger partial charge in [-0.2, -0.15) is 0 Å².